The van der Waals surface area contributed by atoms with Crippen molar-refractivity contribution in [1.29, 1.82) is 0 Å². The Kier molecular flexibility index (Phi) is 2.80. The number of hydrogen-bond acceptors (Lipinski definition) is 3. The number of benzene rings is 1. The Hall–Kier alpha value is -1.81. The normalized spacial score (nSPS) is 15.3. The lowest BCUT2D eigenvalue weighted by Crippen LogP contribution is -2.32. The van der Waals surface area contributed by atoms with Gasteiger partial charge in [0, 0.05) is 16.4 Å². The van der Waals surface area contributed by atoms with E-state index in [9.17, 15) is 4.79 Å². The lowest BCUT2D eigenvalue weighted by molar-refractivity contribution is 0.0943. The summed E-state index contributed by atoms with van der Waals surface area (Å²) in [5.41, 5.74) is 6.47. The zero-order valence-corrected chi connectivity index (χ0v) is 10.7. The van der Waals surface area contributed by atoms with Crippen LogP contribution in [-0.2, 0) is 0 Å². The van der Waals surface area contributed by atoms with Gasteiger partial charge in [0.25, 0.3) is 5.91 Å². The predicted octanol–water partition coefficient (Wildman–Crippen LogP) is 2.93. The average Bonchev–Trinajstić information content (AvgIpc) is 2.96. The molecule has 0 radical (unpaired) electrons. The second-order valence-corrected chi connectivity index (χ2v) is 5.60. The Bertz CT molecular complexity index is 622. The number of hydrogen-bond donors (Lipinski definition) is 2. The molecule has 1 heterocycles. The van der Waals surface area contributed by atoms with Crippen molar-refractivity contribution < 1.29 is 4.79 Å². The first-order chi connectivity index (χ1) is 8.72. The first kappa shape index (κ1) is 11.3. The number of amides is 1. The van der Waals surface area contributed by atoms with Crippen LogP contribution in [0.15, 0.2) is 36.4 Å². The summed E-state index contributed by atoms with van der Waals surface area (Å²) < 4.78 is 1.10. The van der Waals surface area contributed by atoms with Crippen molar-refractivity contribution in [3.8, 4) is 0 Å². The van der Waals surface area contributed by atoms with Crippen LogP contribution in [-0.4, -0.2) is 11.9 Å². The summed E-state index contributed by atoms with van der Waals surface area (Å²) in [5, 5.41) is 4.09. The number of thiophene rings is 1. The molecule has 1 aromatic carbocycles. The van der Waals surface area contributed by atoms with Gasteiger partial charge in [-0.1, -0.05) is 12.2 Å². The van der Waals surface area contributed by atoms with Crippen molar-refractivity contribution in [2.75, 3.05) is 5.73 Å². The van der Waals surface area contributed by atoms with Gasteiger partial charge in [-0.25, -0.2) is 0 Å². The standard InChI is InChI=1S/C14H14N2OS/c15-10-5-6-12-9(7-10)8-13(18-12)14(17)16-11-3-1-2-4-11/h1-2,5-8,11H,3-4,15H2,(H,16,17). The molecule has 4 heteroatoms. The highest BCUT2D eigenvalue weighted by molar-refractivity contribution is 7.20. The Morgan fingerprint density at radius 1 is 1.28 bits per heavy atom. The van der Waals surface area contributed by atoms with Crippen LogP contribution in [0.4, 0.5) is 5.69 Å². The molecule has 1 aromatic heterocycles. The van der Waals surface area contributed by atoms with Gasteiger partial charge in [0.2, 0.25) is 0 Å². The van der Waals surface area contributed by atoms with Crippen LogP contribution in [0.2, 0.25) is 0 Å². The van der Waals surface area contributed by atoms with Crippen molar-refractivity contribution in [2.45, 2.75) is 18.9 Å². The number of carbonyl (C=O) groups excluding carboxylic acids is 1. The van der Waals surface area contributed by atoms with Crippen LogP contribution in [0.3, 0.4) is 0 Å². The molecule has 1 aliphatic carbocycles. The summed E-state index contributed by atoms with van der Waals surface area (Å²) >= 11 is 1.51. The molecule has 0 spiro atoms. The Morgan fingerprint density at radius 2 is 2.06 bits per heavy atom. The Labute approximate surface area is 109 Å². The molecule has 1 amide bonds. The second-order valence-electron chi connectivity index (χ2n) is 4.52. The summed E-state index contributed by atoms with van der Waals surface area (Å²) in [6.45, 7) is 0. The third-order valence-electron chi connectivity index (χ3n) is 3.11. The minimum atomic E-state index is 0.0171. The van der Waals surface area contributed by atoms with E-state index < -0.39 is 0 Å². The SMILES string of the molecule is Nc1ccc2sc(C(=O)NC3CC=CC3)cc2c1. The fourth-order valence-corrected chi connectivity index (χ4v) is 3.11. The maximum atomic E-state index is 12.1. The van der Waals surface area contributed by atoms with Crippen LogP contribution >= 0.6 is 11.3 Å². The molecular formula is C14H14N2OS. The van der Waals surface area contributed by atoms with E-state index in [-0.39, 0.29) is 11.9 Å². The van der Waals surface area contributed by atoms with Gasteiger partial charge in [-0.2, -0.15) is 0 Å². The minimum Gasteiger partial charge on any atom is -0.399 e. The minimum absolute atomic E-state index is 0.0171. The van der Waals surface area contributed by atoms with Crippen molar-refractivity contribution in [3.63, 3.8) is 0 Å². The van der Waals surface area contributed by atoms with Crippen LogP contribution in [0.1, 0.15) is 22.5 Å². The summed E-state index contributed by atoms with van der Waals surface area (Å²) in [6.07, 6.45) is 6.08. The van der Waals surface area contributed by atoms with E-state index in [1.165, 1.54) is 11.3 Å². The number of anilines is 1. The van der Waals surface area contributed by atoms with Gasteiger partial charge in [-0.15, -0.1) is 11.3 Å². The zero-order chi connectivity index (χ0) is 12.5. The smallest absolute Gasteiger partial charge is 0.261 e. The zero-order valence-electron chi connectivity index (χ0n) is 9.85. The third kappa shape index (κ3) is 2.11. The summed E-state index contributed by atoms with van der Waals surface area (Å²) in [6, 6.07) is 7.89. The molecule has 0 atom stereocenters. The first-order valence-corrected chi connectivity index (χ1v) is 6.79. The molecule has 18 heavy (non-hydrogen) atoms. The van der Waals surface area contributed by atoms with E-state index in [1.807, 2.05) is 24.3 Å². The maximum Gasteiger partial charge on any atom is 0.261 e. The molecule has 3 N–H and O–H groups in total. The molecule has 0 bridgehead atoms. The molecule has 1 aliphatic rings. The number of nitrogens with two attached hydrogens (primary N) is 1. The fourth-order valence-electron chi connectivity index (χ4n) is 2.17. The highest BCUT2D eigenvalue weighted by Gasteiger charge is 2.16. The molecule has 2 aromatic rings. The van der Waals surface area contributed by atoms with Gasteiger partial charge in [0.1, 0.15) is 0 Å². The highest BCUT2D eigenvalue weighted by Crippen LogP contribution is 2.27. The van der Waals surface area contributed by atoms with E-state index >= 15 is 0 Å². The molecular weight excluding hydrogens is 244 g/mol. The lowest BCUT2D eigenvalue weighted by Gasteiger charge is -2.10. The van der Waals surface area contributed by atoms with Crippen molar-refractivity contribution in [3.05, 3.63) is 41.3 Å². The Balaban J connectivity index is 1.82. The van der Waals surface area contributed by atoms with E-state index in [4.69, 9.17) is 5.73 Å². The van der Waals surface area contributed by atoms with Gasteiger partial charge in [-0.3, -0.25) is 4.79 Å². The van der Waals surface area contributed by atoms with E-state index in [0.29, 0.717) is 0 Å². The van der Waals surface area contributed by atoms with Gasteiger partial charge in [-0.05, 0) is 42.5 Å². The highest BCUT2D eigenvalue weighted by atomic mass is 32.1. The molecule has 3 nitrogen and oxygen atoms in total. The molecule has 3 rings (SSSR count). The number of nitrogens with one attached hydrogen (secondary N) is 1. The maximum absolute atomic E-state index is 12.1. The van der Waals surface area contributed by atoms with Crippen molar-refractivity contribution in [1.82, 2.24) is 5.32 Å². The van der Waals surface area contributed by atoms with Crippen LogP contribution < -0.4 is 11.1 Å². The lowest BCUT2D eigenvalue weighted by atomic mass is 10.2. The average molecular weight is 258 g/mol. The van der Waals surface area contributed by atoms with Gasteiger partial charge < -0.3 is 11.1 Å². The number of fused-ring (bicyclic) bond motifs is 1. The molecule has 0 saturated heterocycles. The van der Waals surface area contributed by atoms with E-state index in [0.717, 1.165) is 33.5 Å². The number of carbonyl (C=O) groups is 1. The van der Waals surface area contributed by atoms with E-state index in [2.05, 4.69) is 17.5 Å². The summed E-state index contributed by atoms with van der Waals surface area (Å²) in [5.74, 6) is 0.0171. The predicted molar refractivity (Wildman–Crippen MR) is 75.9 cm³/mol. The monoisotopic (exact) mass is 258 g/mol. The Morgan fingerprint density at radius 3 is 2.83 bits per heavy atom. The quantitative estimate of drug-likeness (QED) is 0.643. The largest absolute Gasteiger partial charge is 0.399 e. The molecule has 0 fully saturated rings. The van der Waals surface area contributed by atoms with Gasteiger partial charge in [0.15, 0.2) is 0 Å². The molecule has 0 unspecified atom stereocenters. The van der Waals surface area contributed by atoms with Crippen molar-refractivity contribution >= 4 is 33.0 Å². The summed E-state index contributed by atoms with van der Waals surface area (Å²) in [7, 11) is 0. The topological polar surface area (TPSA) is 55.1 Å². The number of rotatable bonds is 2. The fraction of sp³-hybridized carbons (Fsp3) is 0.214. The van der Waals surface area contributed by atoms with Gasteiger partial charge >= 0.3 is 0 Å². The van der Waals surface area contributed by atoms with Gasteiger partial charge in [0.05, 0.1) is 4.88 Å². The number of nitrogen functional groups attached to an aromatic ring is 1. The molecule has 92 valence electrons. The van der Waals surface area contributed by atoms with Crippen LogP contribution in [0.5, 0.6) is 0 Å². The third-order valence-corrected chi connectivity index (χ3v) is 4.22. The summed E-state index contributed by atoms with van der Waals surface area (Å²) in [4.78, 5) is 12.8. The van der Waals surface area contributed by atoms with Crippen LogP contribution in [0, 0.1) is 0 Å². The second kappa shape index (κ2) is 4.46. The molecule has 0 saturated carbocycles. The van der Waals surface area contributed by atoms with Crippen molar-refractivity contribution in [2.24, 2.45) is 0 Å². The van der Waals surface area contributed by atoms with Crippen LogP contribution in [0.25, 0.3) is 10.1 Å². The molecule has 0 aliphatic heterocycles. The van der Waals surface area contributed by atoms with E-state index in [1.54, 1.807) is 0 Å². The first-order valence-electron chi connectivity index (χ1n) is 5.97.